The molecule has 0 aliphatic heterocycles. The summed E-state index contributed by atoms with van der Waals surface area (Å²) in [6.07, 6.45) is 3.57. The Kier molecular flexibility index (Phi) is 4.23. The molecule has 0 bridgehead atoms. The van der Waals surface area contributed by atoms with Crippen LogP contribution in [0.4, 0.5) is 0 Å². The summed E-state index contributed by atoms with van der Waals surface area (Å²) < 4.78 is 2.25. The number of rotatable bonds is 2. The molecule has 0 atom stereocenters. The van der Waals surface area contributed by atoms with Gasteiger partial charge >= 0.3 is 0 Å². The molecule has 2 aromatic heterocycles. The van der Waals surface area contributed by atoms with Crippen LogP contribution in [0.5, 0.6) is 0 Å². The van der Waals surface area contributed by atoms with Gasteiger partial charge in [-0.1, -0.05) is 97.1 Å². The minimum atomic E-state index is 0.837. The first-order valence-corrected chi connectivity index (χ1v) is 12.5. The zero-order valence-electron chi connectivity index (χ0n) is 20.0. The summed E-state index contributed by atoms with van der Waals surface area (Å²) in [5, 5.41) is 9.97. The maximum atomic E-state index is 4.89. The van der Waals surface area contributed by atoms with Crippen LogP contribution in [0.15, 0.2) is 128 Å². The van der Waals surface area contributed by atoms with Crippen molar-refractivity contribution in [2.45, 2.75) is 0 Å². The fourth-order valence-corrected chi connectivity index (χ4v) is 5.90. The highest BCUT2D eigenvalue weighted by molar-refractivity contribution is 6.25. The maximum Gasteiger partial charge on any atom is 0.164 e. The van der Waals surface area contributed by atoms with Gasteiger partial charge in [0.1, 0.15) is 5.69 Å². The van der Waals surface area contributed by atoms with Gasteiger partial charge in [0.25, 0.3) is 0 Å². The van der Waals surface area contributed by atoms with E-state index >= 15 is 0 Å². The predicted molar refractivity (Wildman–Crippen MR) is 154 cm³/mol. The number of fused-ring (bicyclic) bond motifs is 9. The summed E-state index contributed by atoms with van der Waals surface area (Å²) in [5.41, 5.74) is 4.18. The van der Waals surface area contributed by atoms with Gasteiger partial charge in [-0.2, -0.15) is 0 Å². The smallest absolute Gasteiger partial charge is 0.164 e. The van der Waals surface area contributed by atoms with E-state index in [2.05, 4.69) is 120 Å². The minimum absolute atomic E-state index is 0.837. The van der Waals surface area contributed by atoms with Crippen LogP contribution in [0, 0.1) is 0 Å². The Labute approximate surface area is 213 Å². The highest BCUT2D eigenvalue weighted by atomic mass is 15.1. The third-order valence-corrected chi connectivity index (χ3v) is 7.49. The molecule has 0 spiro atoms. The lowest BCUT2D eigenvalue weighted by Crippen LogP contribution is -2.02. The molecule has 0 unspecified atom stereocenters. The van der Waals surface area contributed by atoms with Gasteiger partial charge < -0.3 is 0 Å². The first-order valence-electron chi connectivity index (χ1n) is 12.5. The van der Waals surface area contributed by atoms with Crippen molar-refractivity contribution < 1.29 is 0 Å². The van der Waals surface area contributed by atoms with Crippen molar-refractivity contribution in [1.82, 2.24) is 14.5 Å². The molecular weight excluding hydrogens is 450 g/mol. The van der Waals surface area contributed by atoms with Crippen LogP contribution in [-0.2, 0) is 0 Å². The third-order valence-electron chi connectivity index (χ3n) is 7.49. The Morgan fingerprint density at radius 1 is 0.405 bits per heavy atom. The van der Waals surface area contributed by atoms with Crippen LogP contribution < -0.4 is 0 Å². The van der Waals surface area contributed by atoms with E-state index < -0.39 is 0 Å². The second-order valence-electron chi connectivity index (χ2n) is 9.45. The molecule has 0 saturated carbocycles. The lowest BCUT2D eigenvalue weighted by Gasteiger charge is -2.14. The van der Waals surface area contributed by atoms with Crippen LogP contribution in [0.25, 0.3) is 71.2 Å². The van der Waals surface area contributed by atoms with E-state index in [9.17, 15) is 0 Å². The quantitative estimate of drug-likeness (QED) is 0.236. The molecule has 3 heteroatoms. The van der Waals surface area contributed by atoms with Crippen molar-refractivity contribution in [3.63, 3.8) is 0 Å². The average Bonchev–Trinajstić information content (AvgIpc) is 3.31. The molecule has 0 saturated heterocycles. The van der Waals surface area contributed by atoms with Crippen molar-refractivity contribution in [2.75, 3.05) is 0 Å². The molecule has 37 heavy (non-hydrogen) atoms. The van der Waals surface area contributed by atoms with Gasteiger partial charge in [0, 0.05) is 28.7 Å². The predicted octanol–water partition coefficient (Wildman–Crippen LogP) is 8.70. The van der Waals surface area contributed by atoms with Crippen molar-refractivity contribution in [3.05, 3.63) is 128 Å². The van der Waals surface area contributed by atoms with Gasteiger partial charge in [0.15, 0.2) is 5.82 Å². The molecule has 2 heterocycles. The van der Waals surface area contributed by atoms with Gasteiger partial charge in [0.2, 0.25) is 0 Å². The Balaban J connectivity index is 1.46. The fraction of sp³-hybridized carbons (Fsp3) is 0. The maximum absolute atomic E-state index is 4.89. The van der Waals surface area contributed by atoms with Gasteiger partial charge in [-0.25, -0.2) is 4.98 Å². The lowest BCUT2D eigenvalue weighted by molar-refractivity contribution is 1.05. The molecule has 0 radical (unpaired) electrons. The summed E-state index contributed by atoms with van der Waals surface area (Å²) in [6, 6.07) is 41.1. The highest BCUT2D eigenvalue weighted by Gasteiger charge is 2.18. The first kappa shape index (κ1) is 20.2. The number of hydrogen-bond acceptors (Lipinski definition) is 2. The molecular formula is C34H21N3. The van der Waals surface area contributed by atoms with Crippen LogP contribution in [0.3, 0.4) is 0 Å². The number of aromatic nitrogens is 3. The zero-order chi connectivity index (χ0) is 24.3. The van der Waals surface area contributed by atoms with Crippen molar-refractivity contribution in [2.24, 2.45) is 0 Å². The Morgan fingerprint density at radius 3 is 1.46 bits per heavy atom. The molecule has 172 valence electrons. The topological polar surface area (TPSA) is 30.7 Å². The molecule has 0 fully saturated rings. The summed E-state index contributed by atoms with van der Waals surface area (Å²) in [5.74, 6) is 0.837. The summed E-state index contributed by atoms with van der Waals surface area (Å²) in [6.45, 7) is 0. The number of para-hydroxylation sites is 2. The van der Waals surface area contributed by atoms with E-state index in [-0.39, 0.29) is 0 Å². The number of benzene rings is 6. The van der Waals surface area contributed by atoms with Crippen LogP contribution >= 0.6 is 0 Å². The monoisotopic (exact) mass is 471 g/mol. The Bertz CT molecular complexity index is 2060. The van der Waals surface area contributed by atoms with Gasteiger partial charge in [0.05, 0.1) is 11.0 Å². The highest BCUT2D eigenvalue weighted by Crippen LogP contribution is 2.38. The van der Waals surface area contributed by atoms with E-state index in [0.717, 1.165) is 28.1 Å². The minimum Gasteiger partial charge on any atom is -0.292 e. The molecule has 3 nitrogen and oxygen atoms in total. The molecule has 6 aromatic carbocycles. The van der Waals surface area contributed by atoms with Crippen molar-refractivity contribution in [3.8, 4) is 17.1 Å². The van der Waals surface area contributed by atoms with Gasteiger partial charge in [-0.15, -0.1) is 0 Å². The Hall–Kier alpha value is -5.02. The zero-order valence-corrected chi connectivity index (χ0v) is 20.0. The molecule has 8 rings (SSSR count). The second kappa shape index (κ2) is 7.74. The van der Waals surface area contributed by atoms with E-state index in [1.807, 2.05) is 0 Å². The van der Waals surface area contributed by atoms with E-state index in [4.69, 9.17) is 9.97 Å². The Morgan fingerprint density at radius 2 is 0.865 bits per heavy atom. The second-order valence-corrected chi connectivity index (χ2v) is 9.45. The molecule has 0 N–H and O–H groups in total. The molecule has 8 aromatic rings. The largest absolute Gasteiger partial charge is 0.292 e. The van der Waals surface area contributed by atoms with Crippen molar-refractivity contribution >= 4 is 54.1 Å². The van der Waals surface area contributed by atoms with E-state index in [1.54, 1.807) is 12.4 Å². The van der Waals surface area contributed by atoms with E-state index in [1.165, 1.54) is 43.1 Å². The van der Waals surface area contributed by atoms with Crippen LogP contribution in [-0.4, -0.2) is 14.5 Å². The fourth-order valence-electron chi connectivity index (χ4n) is 5.90. The SMILES string of the molecule is c1ccc2c(c1)c1ccccc1c1cc(-c3nccnc3-n3c4ccccc4c4ccccc43)ccc21. The molecule has 0 aliphatic carbocycles. The van der Waals surface area contributed by atoms with E-state index in [0.29, 0.717) is 0 Å². The molecule has 0 aliphatic rings. The first-order chi connectivity index (χ1) is 18.4. The summed E-state index contributed by atoms with van der Waals surface area (Å²) in [7, 11) is 0. The van der Waals surface area contributed by atoms with Crippen LogP contribution in [0.1, 0.15) is 0 Å². The lowest BCUT2D eigenvalue weighted by atomic mass is 9.93. The van der Waals surface area contributed by atoms with Crippen molar-refractivity contribution in [1.29, 1.82) is 0 Å². The average molecular weight is 472 g/mol. The number of nitrogens with zero attached hydrogens (tertiary/aromatic N) is 3. The normalized spacial score (nSPS) is 11.8. The number of hydrogen-bond donors (Lipinski definition) is 0. The standard InChI is InChI=1S/C34H21N3/c1-2-11-25-23(9-1)24-10-3-4-12-26(24)30-21-22(17-18-27(25)30)33-34(36-20-19-35-33)37-31-15-7-5-13-28(31)29-14-6-8-16-32(29)37/h1-21H. The summed E-state index contributed by atoms with van der Waals surface area (Å²) >= 11 is 0. The summed E-state index contributed by atoms with van der Waals surface area (Å²) in [4.78, 5) is 9.77. The third kappa shape index (κ3) is 2.88. The van der Waals surface area contributed by atoms with Crippen LogP contribution in [0.2, 0.25) is 0 Å². The van der Waals surface area contributed by atoms with Gasteiger partial charge in [-0.3, -0.25) is 9.55 Å². The molecule has 0 amide bonds. The van der Waals surface area contributed by atoms with Gasteiger partial charge in [-0.05, 0) is 50.5 Å².